The van der Waals surface area contributed by atoms with E-state index in [-0.39, 0.29) is 11.9 Å². The van der Waals surface area contributed by atoms with Crippen LogP contribution in [-0.4, -0.2) is 29.2 Å². The van der Waals surface area contributed by atoms with Gasteiger partial charge in [-0.15, -0.1) is 0 Å². The summed E-state index contributed by atoms with van der Waals surface area (Å²) in [4.78, 5) is 12.6. The summed E-state index contributed by atoms with van der Waals surface area (Å²) in [5.74, 6) is 2.45. The Morgan fingerprint density at radius 2 is 2.12 bits per heavy atom. The van der Waals surface area contributed by atoms with Crippen LogP contribution in [0.2, 0.25) is 0 Å². The second-order valence-corrected chi connectivity index (χ2v) is 12.0. The molecule has 0 bridgehead atoms. The summed E-state index contributed by atoms with van der Waals surface area (Å²) in [6.45, 7) is 9.60. The van der Waals surface area contributed by atoms with Gasteiger partial charge in [0.25, 0.3) is 0 Å². The lowest BCUT2D eigenvalue weighted by Gasteiger charge is -2.44. The molecule has 3 aliphatic carbocycles. The average molecular weight is 441 g/mol. The fourth-order valence-corrected chi connectivity index (χ4v) is 7.35. The molecular weight excluding hydrogens is 396 g/mol. The Morgan fingerprint density at radius 3 is 2.91 bits per heavy atom. The minimum Gasteiger partial charge on any atom is -0.390 e. The zero-order chi connectivity index (χ0) is 22.9. The summed E-state index contributed by atoms with van der Waals surface area (Å²) in [5, 5.41) is 10.1. The molecule has 32 heavy (non-hydrogen) atoms. The molecule has 0 saturated heterocycles. The standard InChI is InChI=1S/C29H44O3/c1-20(8-5-15-28(2,3)31)24-13-14-25-22(9-6-16-29(24,25)4)12-11-21-18-26(30)23-10-7-17-32-27(23)19-21/h10-12,20,24-25,27,31H,5-9,13-19H2,1-4H3/b21-11+,22-12+/t20-,24?,25?,27-,29-/m1/s1. The van der Waals surface area contributed by atoms with Crippen LogP contribution in [0, 0.1) is 23.2 Å². The van der Waals surface area contributed by atoms with Gasteiger partial charge in [0.2, 0.25) is 0 Å². The molecule has 3 fully saturated rings. The summed E-state index contributed by atoms with van der Waals surface area (Å²) in [6.07, 6.45) is 18.8. The van der Waals surface area contributed by atoms with Gasteiger partial charge in [-0.1, -0.05) is 56.1 Å². The number of carbonyl (C=O) groups excluding carboxylic acids is 1. The van der Waals surface area contributed by atoms with Crippen molar-refractivity contribution in [1.29, 1.82) is 0 Å². The number of carbonyl (C=O) groups is 1. The molecule has 0 aromatic carbocycles. The van der Waals surface area contributed by atoms with Gasteiger partial charge in [-0.05, 0) is 88.4 Å². The van der Waals surface area contributed by atoms with Crippen LogP contribution in [0.25, 0.3) is 0 Å². The molecule has 1 N–H and O–H groups in total. The molecule has 4 rings (SSSR count). The zero-order valence-electron chi connectivity index (χ0n) is 20.8. The lowest BCUT2D eigenvalue weighted by atomic mass is 9.60. The maximum atomic E-state index is 12.6. The van der Waals surface area contributed by atoms with Crippen LogP contribution in [0.4, 0.5) is 0 Å². The van der Waals surface area contributed by atoms with Crippen LogP contribution in [0.1, 0.15) is 98.3 Å². The molecule has 3 saturated carbocycles. The first kappa shape index (κ1) is 24.0. The average Bonchev–Trinajstić information content (AvgIpc) is 3.09. The number of hydrogen-bond donors (Lipinski definition) is 1. The Hall–Kier alpha value is -1.19. The number of fused-ring (bicyclic) bond motifs is 2. The van der Waals surface area contributed by atoms with Crippen LogP contribution in [0.3, 0.4) is 0 Å². The summed E-state index contributed by atoms with van der Waals surface area (Å²) in [5.41, 5.74) is 3.64. The van der Waals surface area contributed by atoms with Gasteiger partial charge in [0.05, 0.1) is 18.3 Å². The number of ketones is 1. The molecule has 2 unspecified atom stereocenters. The third-order valence-electron chi connectivity index (χ3n) is 9.01. The van der Waals surface area contributed by atoms with Gasteiger partial charge in [0, 0.05) is 12.0 Å². The molecule has 0 radical (unpaired) electrons. The Bertz CT molecular complexity index is 796. The van der Waals surface area contributed by atoms with Gasteiger partial charge in [-0.2, -0.15) is 0 Å². The van der Waals surface area contributed by atoms with E-state index in [9.17, 15) is 9.90 Å². The molecule has 0 aromatic rings. The minimum absolute atomic E-state index is 0.00752. The SMILES string of the molecule is C[C@H](CCCC(C)(C)O)C1CCC2/C(=C/C=C3\CC(=O)C4=CCCO[C@@H]4C3)CCC[C@@]21C. The number of allylic oxidation sites excluding steroid dienone is 3. The molecule has 4 aliphatic rings. The molecule has 0 spiro atoms. The van der Waals surface area contributed by atoms with Crippen molar-refractivity contribution >= 4 is 5.78 Å². The van der Waals surface area contributed by atoms with E-state index < -0.39 is 5.60 Å². The second kappa shape index (κ2) is 9.58. The molecule has 178 valence electrons. The number of hydrogen-bond acceptors (Lipinski definition) is 3. The van der Waals surface area contributed by atoms with Gasteiger partial charge in [0.15, 0.2) is 5.78 Å². The Morgan fingerprint density at radius 1 is 1.31 bits per heavy atom. The van der Waals surface area contributed by atoms with Crippen LogP contribution >= 0.6 is 0 Å². The number of rotatable bonds is 6. The predicted molar refractivity (Wildman–Crippen MR) is 130 cm³/mol. The first-order valence-electron chi connectivity index (χ1n) is 13.1. The highest BCUT2D eigenvalue weighted by atomic mass is 16.5. The largest absolute Gasteiger partial charge is 0.390 e. The van der Waals surface area contributed by atoms with E-state index in [0.29, 0.717) is 17.8 Å². The van der Waals surface area contributed by atoms with E-state index in [2.05, 4.69) is 32.1 Å². The van der Waals surface area contributed by atoms with Crippen molar-refractivity contribution in [3.63, 3.8) is 0 Å². The van der Waals surface area contributed by atoms with E-state index in [4.69, 9.17) is 4.74 Å². The number of aliphatic hydroxyl groups is 1. The minimum atomic E-state index is -0.546. The molecule has 5 atom stereocenters. The van der Waals surface area contributed by atoms with Gasteiger partial charge >= 0.3 is 0 Å². The molecule has 1 heterocycles. The van der Waals surface area contributed by atoms with Crippen molar-refractivity contribution in [2.45, 2.75) is 110 Å². The quantitative estimate of drug-likeness (QED) is 0.499. The van der Waals surface area contributed by atoms with Crippen molar-refractivity contribution in [2.75, 3.05) is 6.61 Å². The molecular formula is C29H44O3. The predicted octanol–water partition coefficient (Wildman–Crippen LogP) is 6.71. The van der Waals surface area contributed by atoms with E-state index in [1.54, 1.807) is 5.57 Å². The van der Waals surface area contributed by atoms with Gasteiger partial charge < -0.3 is 9.84 Å². The first-order chi connectivity index (χ1) is 15.2. The summed E-state index contributed by atoms with van der Waals surface area (Å²) in [6, 6.07) is 0. The summed E-state index contributed by atoms with van der Waals surface area (Å²) in [7, 11) is 0. The maximum Gasteiger partial charge on any atom is 0.165 e. The number of ether oxygens (including phenoxy) is 1. The Kier molecular flexibility index (Phi) is 7.17. The highest BCUT2D eigenvalue weighted by Gasteiger charge is 2.50. The van der Waals surface area contributed by atoms with Crippen molar-refractivity contribution in [3.05, 3.63) is 34.9 Å². The molecule has 0 amide bonds. The highest BCUT2D eigenvalue weighted by molar-refractivity contribution is 5.99. The van der Waals surface area contributed by atoms with Gasteiger partial charge in [-0.3, -0.25) is 4.79 Å². The third kappa shape index (κ3) is 5.14. The smallest absolute Gasteiger partial charge is 0.165 e. The monoisotopic (exact) mass is 440 g/mol. The van der Waals surface area contributed by atoms with Crippen LogP contribution < -0.4 is 0 Å². The van der Waals surface area contributed by atoms with Crippen molar-refractivity contribution < 1.29 is 14.6 Å². The van der Waals surface area contributed by atoms with E-state index in [0.717, 1.165) is 49.7 Å². The number of Topliss-reactive ketones (excluding diaryl/α,β-unsaturated/α-hetero) is 1. The summed E-state index contributed by atoms with van der Waals surface area (Å²) >= 11 is 0. The van der Waals surface area contributed by atoms with E-state index in [1.165, 1.54) is 44.1 Å². The van der Waals surface area contributed by atoms with Crippen LogP contribution in [-0.2, 0) is 9.53 Å². The first-order valence-corrected chi connectivity index (χ1v) is 13.1. The molecule has 3 heteroatoms. The Labute approximate surface area is 195 Å². The van der Waals surface area contributed by atoms with Gasteiger partial charge in [0.1, 0.15) is 0 Å². The van der Waals surface area contributed by atoms with E-state index >= 15 is 0 Å². The lowest BCUT2D eigenvalue weighted by molar-refractivity contribution is -0.117. The van der Waals surface area contributed by atoms with Gasteiger partial charge in [-0.25, -0.2) is 0 Å². The van der Waals surface area contributed by atoms with E-state index in [1.807, 2.05) is 13.8 Å². The summed E-state index contributed by atoms with van der Waals surface area (Å²) < 4.78 is 5.89. The highest BCUT2D eigenvalue weighted by Crippen LogP contribution is 2.60. The zero-order valence-corrected chi connectivity index (χ0v) is 20.8. The second-order valence-electron chi connectivity index (χ2n) is 12.0. The maximum absolute atomic E-state index is 12.6. The normalized spacial score (nSPS) is 36.7. The topological polar surface area (TPSA) is 46.5 Å². The Balaban J connectivity index is 1.43. The van der Waals surface area contributed by atoms with Crippen LogP contribution in [0.5, 0.6) is 0 Å². The third-order valence-corrected chi connectivity index (χ3v) is 9.01. The fraction of sp³-hybridized carbons (Fsp3) is 0.759. The van der Waals surface area contributed by atoms with Crippen LogP contribution in [0.15, 0.2) is 34.9 Å². The van der Waals surface area contributed by atoms with Crippen molar-refractivity contribution in [3.8, 4) is 0 Å². The van der Waals surface area contributed by atoms with Crippen molar-refractivity contribution in [1.82, 2.24) is 0 Å². The fourth-order valence-electron chi connectivity index (χ4n) is 7.35. The van der Waals surface area contributed by atoms with Crippen molar-refractivity contribution in [2.24, 2.45) is 23.2 Å². The lowest BCUT2D eigenvalue weighted by Crippen LogP contribution is -2.36. The molecule has 1 aliphatic heterocycles. The molecule has 0 aromatic heterocycles. The molecule has 3 nitrogen and oxygen atoms in total.